The van der Waals surface area contributed by atoms with Crippen molar-refractivity contribution in [3.05, 3.63) is 35.9 Å². The summed E-state index contributed by atoms with van der Waals surface area (Å²) in [6.45, 7) is -1.43. The molecular weight excluding hydrogens is 354 g/mol. The molecule has 23 heavy (non-hydrogen) atoms. The summed E-state index contributed by atoms with van der Waals surface area (Å²) in [5.74, 6) is 0. The third kappa shape index (κ3) is 11.8. The zero-order valence-corrected chi connectivity index (χ0v) is 13.7. The van der Waals surface area contributed by atoms with E-state index in [-0.39, 0.29) is 0 Å². The van der Waals surface area contributed by atoms with E-state index in [0.717, 1.165) is 0 Å². The minimum absolute atomic E-state index is 0.476. The fourth-order valence-corrected chi connectivity index (χ4v) is 1.40. The van der Waals surface area contributed by atoms with Crippen LogP contribution in [0.25, 0.3) is 0 Å². The van der Waals surface area contributed by atoms with E-state index in [1.807, 2.05) is 0 Å². The molecule has 0 aromatic heterocycles. The van der Waals surface area contributed by atoms with E-state index in [2.05, 4.69) is 0 Å². The molecule has 1 atom stereocenters. The maximum absolute atomic E-state index is 9.95. The monoisotopic (exact) mass is 376 g/mol. The number of hydrogen-bond acceptors (Lipinski definition) is 10. The van der Waals surface area contributed by atoms with Crippen LogP contribution in [0.15, 0.2) is 30.3 Å². The van der Waals surface area contributed by atoms with Gasteiger partial charge in [0.2, 0.25) is 0 Å². The second-order valence-corrected chi connectivity index (χ2v) is 5.26. The summed E-state index contributed by atoms with van der Waals surface area (Å²) < 4.78 is 0. The van der Waals surface area contributed by atoms with Crippen LogP contribution in [-0.2, 0) is 0 Å². The van der Waals surface area contributed by atoms with Crippen LogP contribution in [-0.4, -0.2) is 69.6 Å². The minimum Gasteiger partial charge on any atom is -0.395 e. The third-order valence-corrected chi connectivity index (χ3v) is 2.64. The zero-order valence-electron chi connectivity index (χ0n) is 12.0. The van der Waals surface area contributed by atoms with Crippen LogP contribution in [0.1, 0.15) is 11.7 Å². The summed E-state index contributed by atoms with van der Waals surface area (Å²) in [4.78, 5) is 43.4. The maximum atomic E-state index is 9.95. The van der Waals surface area contributed by atoms with Crippen LogP contribution in [0, 0.1) is 5.41 Å². The van der Waals surface area contributed by atoms with Crippen molar-refractivity contribution in [3.8, 4) is 0 Å². The van der Waals surface area contributed by atoms with E-state index >= 15 is 0 Å². The average Bonchev–Trinajstić information content (AvgIpc) is 2.49. The van der Waals surface area contributed by atoms with Gasteiger partial charge in [0.15, 0.2) is 0 Å². The van der Waals surface area contributed by atoms with Crippen LogP contribution >= 0.6 is 17.2 Å². The van der Waals surface area contributed by atoms with Gasteiger partial charge in [0, 0.05) is 0 Å². The van der Waals surface area contributed by atoms with E-state index < -0.39 is 48.5 Å². The molecule has 12 heteroatoms. The first-order valence-corrected chi connectivity index (χ1v) is 8.36. The largest absolute Gasteiger partial charge is 0.395 e. The molecule has 0 aliphatic heterocycles. The molecule has 0 bridgehead atoms. The summed E-state index contributed by atoms with van der Waals surface area (Å²) >= 11 is 0. The van der Waals surface area contributed by atoms with E-state index in [1.54, 1.807) is 30.3 Å². The Balaban J connectivity index is 0. The maximum Gasteiger partial charge on any atom is 0.324 e. The molecule has 0 aliphatic rings. The molecule has 0 fully saturated rings. The Bertz CT molecular complexity index is 355. The molecule has 1 aromatic rings. The Kier molecular flexibility index (Phi) is 15.2. The van der Waals surface area contributed by atoms with Crippen molar-refractivity contribution in [2.45, 2.75) is 6.10 Å². The first-order chi connectivity index (χ1) is 10.7. The fourth-order valence-electron chi connectivity index (χ4n) is 1.40. The molecule has 0 amide bonds. The molecule has 1 aromatic carbocycles. The fraction of sp³-hybridized carbons (Fsp3) is 0.455. The van der Waals surface area contributed by atoms with Crippen molar-refractivity contribution in [3.63, 3.8) is 0 Å². The van der Waals surface area contributed by atoms with Crippen molar-refractivity contribution in [2.24, 2.45) is 5.41 Å². The number of rotatable bonds is 5. The molecule has 0 heterocycles. The highest BCUT2D eigenvalue weighted by atomic mass is 31.2. The van der Waals surface area contributed by atoms with Gasteiger partial charge >= 0.3 is 17.2 Å². The molecule has 1 rings (SSSR count). The highest BCUT2D eigenvalue weighted by molar-refractivity contribution is 7.38. The summed E-state index contributed by atoms with van der Waals surface area (Å²) in [6.07, 6.45) is -1.08. The second-order valence-electron chi connectivity index (χ2n) is 4.19. The SMILES string of the molecule is OCC(CO)(CO)C(O)c1ccccc1.OP(O)O.OP(O)O. The zero-order chi connectivity index (χ0) is 18.5. The van der Waals surface area contributed by atoms with E-state index in [1.165, 1.54) is 0 Å². The lowest BCUT2D eigenvalue weighted by atomic mass is 9.81. The quantitative estimate of drug-likeness (QED) is 0.258. The van der Waals surface area contributed by atoms with Crippen LogP contribution in [0.4, 0.5) is 0 Å². The van der Waals surface area contributed by atoms with Gasteiger partial charge in [0.25, 0.3) is 0 Å². The summed E-state index contributed by atoms with van der Waals surface area (Å²) in [6, 6.07) is 8.65. The van der Waals surface area contributed by atoms with Gasteiger partial charge in [-0.05, 0) is 5.56 Å². The van der Waals surface area contributed by atoms with Crippen molar-refractivity contribution < 1.29 is 49.8 Å². The molecular formula is C11H22O10P2. The predicted molar refractivity (Wildman–Crippen MR) is 82.2 cm³/mol. The van der Waals surface area contributed by atoms with Crippen LogP contribution in [0.3, 0.4) is 0 Å². The summed E-state index contributed by atoms with van der Waals surface area (Å²) in [7, 11) is -5.24. The van der Waals surface area contributed by atoms with Crippen molar-refractivity contribution in [1.82, 2.24) is 0 Å². The standard InChI is InChI=1S/C11H16O4.2H3O3P/c12-6-11(7-13,8-14)10(15)9-4-2-1-3-5-9;2*1-4(2)3/h1-5,10,12-15H,6-8H2;2*1-3H. The van der Waals surface area contributed by atoms with Crippen LogP contribution in [0.2, 0.25) is 0 Å². The van der Waals surface area contributed by atoms with Gasteiger partial charge < -0.3 is 49.8 Å². The Morgan fingerprint density at radius 2 is 1.04 bits per heavy atom. The minimum atomic E-state index is -2.62. The predicted octanol–water partition coefficient (Wildman–Crippen LogP) is -1.94. The van der Waals surface area contributed by atoms with Gasteiger partial charge in [-0.15, -0.1) is 0 Å². The van der Waals surface area contributed by atoms with Gasteiger partial charge in [-0.1, -0.05) is 30.3 Å². The topological polar surface area (TPSA) is 202 Å². The highest BCUT2D eigenvalue weighted by Gasteiger charge is 2.37. The Labute approximate surface area is 135 Å². The molecule has 0 aliphatic carbocycles. The van der Waals surface area contributed by atoms with Crippen molar-refractivity contribution in [2.75, 3.05) is 19.8 Å². The van der Waals surface area contributed by atoms with Gasteiger partial charge in [0.05, 0.1) is 31.3 Å². The third-order valence-electron chi connectivity index (χ3n) is 2.64. The molecule has 10 nitrogen and oxygen atoms in total. The molecule has 0 saturated carbocycles. The number of benzene rings is 1. The molecule has 10 N–H and O–H groups in total. The van der Waals surface area contributed by atoms with Gasteiger partial charge in [0.1, 0.15) is 0 Å². The summed E-state index contributed by atoms with van der Waals surface area (Å²) in [5, 5.41) is 37.3. The molecule has 0 radical (unpaired) electrons. The molecule has 1 unspecified atom stereocenters. The van der Waals surface area contributed by atoms with Crippen LogP contribution < -0.4 is 0 Å². The number of aliphatic hydroxyl groups is 4. The Morgan fingerprint density at radius 3 is 1.30 bits per heavy atom. The molecule has 0 spiro atoms. The summed E-state index contributed by atoms with van der Waals surface area (Å²) in [5.41, 5.74) is -0.726. The van der Waals surface area contributed by atoms with Gasteiger partial charge in [-0.3, -0.25) is 0 Å². The normalized spacial score (nSPS) is 12.2. The van der Waals surface area contributed by atoms with Crippen molar-refractivity contribution >= 4 is 17.2 Å². The van der Waals surface area contributed by atoms with Crippen LogP contribution in [0.5, 0.6) is 0 Å². The lowest BCUT2D eigenvalue weighted by Gasteiger charge is -2.32. The Morgan fingerprint density at radius 1 is 0.739 bits per heavy atom. The lowest BCUT2D eigenvalue weighted by molar-refractivity contribution is -0.0852. The smallest absolute Gasteiger partial charge is 0.324 e. The first-order valence-electron chi connectivity index (χ1n) is 5.96. The van der Waals surface area contributed by atoms with Gasteiger partial charge in [-0.25, -0.2) is 0 Å². The van der Waals surface area contributed by atoms with E-state index in [9.17, 15) is 5.11 Å². The molecule has 0 saturated heterocycles. The van der Waals surface area contributed by atoms with E-state index in [0.29, 0.717) is 5.56 Å². The Hall–Kier alpha value is -0.320. The van der Waals surface area contributed by atoms with Crippen molar-refractivity contribution in [1.29, 1.82) is 0 Å². The second kappa shape index (κ2) is 14.1. The highest BCUT2D eigenvalue weighted by Crippen LogP contribution is 2.32. The first kappa shape index (κ1) is 24.9. The molecule has 136 valence electrons. The average molecular weight is 376 g/mol. The van der Waals surface area contributed by atoms with E-state index in [4.69, 9.17) is 44.7 Å². The van der Waals surface area contributed by atoms with Gasteiger partial charge in [-0.2, -0.15) is 0 Å². The number of aliphatic hydroxyl groups excluding tert-OH is 4. The number of hydrogen-bond donors (Lipinski definition) is 10. The lowest BCUT2D eigenvalue weighted by Crippen LogP contribution is -2.40.